The molecule has 0 spiro atoms. The maximum atomic E-state index is 13.8. The van der Waals surface area contributed by atoms with Crippen molar-refractivity contribution in [1.82, 2.24) is 14.8 Å². The Morgan fingerprint density at radius 1 is 1.29 bits per heavy atom. The highest BCUT2D eigenvalue weighted by atomic mass is 19.1. The van der Waals surface area contributed by atoms with Gasteiger partial charge in [-0.05, 0) is 64.5 Å². The minimum atomic E-state index is -0.587. The number of benzene rings is 1. The SMILES string of the molecule is CCN(CCN1CCc2[nH]c(/C=C3\C(=O)Nc4ccc(F)cc43)c(C)c2C1=O)C(=O)OC(C)(C)C. The highest BCUT2D eigenvalue weighted by Gasteiger charge is 2.31. The van der Waals surface area contributed by atoms with Crippen LogP contribution in [0.1, 0.15) is 60.6 Å². The van der Waals surface area contributed by atoms with Crippen molar-refractivity contribution in [2.24, 2.45) is 0 Å². The van der Waals surface area contributed by atoms with E-state index in [0.29, 0.717) is 60.7 Å². The number of fused-ring (bicyclic) bond motifs is 2. The van der Waals surface area contributed by atoms with Crippen LogP contribution in [0.3, 0.4) is 0 Å². The molecule has 9 heteroatoms. The Kier molecular flexibility index (Phi) is 6.44. The molecule has 1 aromatic heterocycles. The molecule has 0 bridgehead atoms. The third-order valence-corrected chi connectivity index (χ3v) is 6.23. The number of anilines is 1. The Morgan fingerprint density at radius 3 is 2.71 bits per heavy atom. The van der Waals surface area contributed by atoms with E-state index in [9.17, 15) is 18.8 Å². The summed E-state index contributed by atoms with van der Waals surface area (Å²) >= 11 is 0. The molecule has 0 aliphatic carbocycles. The third kappa shape index (κ3) is 4.94. The average molecular weight is 483 g/mol. The largest absolute Gasteiger partial charge is 0.444 e. The van der Waals surface area contributed by atoms with Crippen LogP contribution in [0.4, 0.5) is 14.9 Å². The number of nitrogens with zero attached hydrogens (tertiary/aromatic N) is 2. The number of carbonyl (C=O) groups is 3. The Hall–Kier alpha value is -3.62. The number of hydrogen-bond acceptors (Lipinski definition) is 4. The second-order valence-corrected chi connectivity index (χ2v) is 9.82. The maximum absolute atomic E-state index is 13.8. The maximum Gasteiger partial charge on any atom is 0.410 e. The van der Waals surface area contributed by atoms with Gasteiger partial charge in [-0.15, -0.1) is 0 Å². The summed E-state index contributed by atoms with van der Waals surface area (Å²) < 4.78 is 19.2. The molecule has 35 heavy (non-hydrogen) atoms. The molecule has 2 aromatic rings. The number of carbonyl (C=O) groups excluding carboxylic acids is 3. The van der Waals surface area contributed by atoms with Gasteiger partial charge in [-0.25, -0.2) is 9.18 Å². The summed E-state index contributed by atoms with van der Waals surface area (Å²) in [7, 11) is 0. The number of rotatable bonds is 5. The number of hydrogen-bond donors (Lipinski definition) is 2. The zero-order valence-corrected chi connectivity index (χ0v) is 20.8. The van der Waals surface area contributed by atoms with E-state index in [0.717, 1.165) is 11.3 Å². The molecule has 4 rings (SSSR count). The highest BCUT2D eigenvalue weighted by molar-refractivity contribution is 6.34. The van der Waals surface area contributed by atoms with Crippen LogP contribution < -0.4 is 5.32 Å². The Labute approximate surface area is 204 Å². The fourth-order valence-electron chi connectivity index (χ4n) is 4.42. The van der Waals surface area contributed by atoms with E-state index >= 15 is 0 Å². The van der Waals surface area contributed by atoms with E-state index in [4.69, 9.17) is 4.74 Å². The van der Waals surface area contributed by atoms with Gasteiger partial charge in [0.05, 0.1) is 11.1 Å². The number of H-pyrrole nitrogens is 1. The first-order chi connectivity index (χ1) is 16.5. The Bertz CT molecular complexity index is 1220. The molecule has 3 heterocycles. The van der Waals surface area contributed by atoms with Gasteiger partial charge in [0.15, 0.2) is 0 Å². The van der Waals surface area contributed by atoms with Gasteiger partial charge in [0, 0.05) is 55.2 Å². The second-order valence-electron chi connectivity index (χ2n) is 9.82. The zero-order valence-electron chi connectivity index (χ0n) is 20.8. The van der Waals surface area contributed by atoms with Gasteiger partial charge in [0.25, 0.3) is 11.8 Å². The first-order valence-electron chi connectivity index (χ1n) is 11.8. The minimum absolute atomic E-state index is 0.118. The van der Waals surface area contributed by atoms with E-state index in [2.05, 4.69) is 10.3 Å². The molecular formula is C26H31FN4O4. The summed E-state index contributed by atoms with van der Waals surface area (Å²) in [5.41, 5.74) is 3.60. The van der Waals surface area contributed by atoms with Crippen LogP contribution in [0.15, 0.2) is 18.2 Å². The summed E-state index contributed by atoms with van der Waals surface area (Å²) in [5.74, 6) is -0.855. The fraction of sp³-hybridized carbons (Fsp3) is 0.423. The van der Waals surface area contributed by atoms with Crippen molar-refractivity contribution in [3.63, 3.8) is 0 Å². The number of likely N-dealkylation sites (N-methyl/N-ethyl adjacent to an activating group) is 1. The topological polar surface area (TPSA) is 94.7 Å². The predicted molar refractivity (Wildman–Crippen MR) is 132 cm³/mol. The van der Waals surface area contributed by atoms with Crippen LogP contribution in [0.5, 0.6) is 0 Å². The molecule has 2 aliphatic heterocycles. The molecule has 186 valence electrons. The lowest BCUT2D eigenvalue weighted by molar-refractivity contribution is -0.110. The van der Waals surface area contributed by atoms with Crippen molar-refractivity contribution < 1.29 is 23.5 Å². The molecule has 1 aromatic carbocycles. The normalized spacial score (nSPS) is 16.3. The minimum Gasteiger partial charge on any atom is -0.444 e. The molecule has 0 fully saturated rings. The van der Waals surface area contributed by atoms with Gasteiger partial charge < -0.3 is 24.8 Å². The van der Waals surface area contributed by atoms with Gasteiger partial charge in [-0.3, -0.25) is 9.59 Å². The quantitative estimate of drug-likeness (QED) is 0.624. The number of amides is 3. The Balaban J connectivity index is 1.53. The summed E-state index contributed by atoms with van der Waals surface area (Å²) in [4.78, 5) is 44.9. The van der Waals surface area contributed by atoms with Crippen LogP contribution in [0, 0.1) is 12.7 Å². The van der Waals surface area contributed by atoms with Crippen molar-refractivity contribution in [2.45, 2.75) is 46.6 Å². The lowest BCUT2D eigenvalue weighted by Gasteiger charge is -2.31. The third-order valence-electron chi connectivity index (χ3n) is 6.23. The molecule has 0 unspecified atom stereocenters. The molecule has 2 aliphatic rings. The molecule has 3 amide bonds. The van der Waals surface area contributed by atoms with Gasteiger partial charge in [-0.2, -0.15) is 0 Å². The van der Waals surface area contributed by atoms with E-state index in [1.807, 2.05) is 34.6 Å². The summed E-state index contributed by atoms with van der Waals surface area (Å²) in [6.45, 7) is 10.9. The average Bonchev–Trinajstić information content (AvgIpc) is 3.25. The standard InChI is InChI=1S/C26H31FN4O4/c1-6-30(25(34)35-26(3,4)5)11-12-31-10-9-20-22(24(31)33)15(2)21(28-20)14-18-17-13-16(27)7-8-19(17)29-23(18)32/h7-8,13-14,28H,6,9-12H2,1-5H3,(H,29,32)/b18-14-. The van der Waals surface area contributed by atoms with Crippen LogP contribution in [-0.2, 0) is 16.0 Å². The monoisotopic (exact) mass is 482 g/mol. The van der Waals surface area contributed by atoms with Gasteiger partial charge in [0.2, 0.25) is 0 Å². The highest BCUT2D eigenvalue weighted by Crippen LogP contribution is 2.35. The van der Waals surface area contributed by atoms with Crippen molar-refractivity contribution in [2.75, 3.05) is 31.5 Å². The first-order valence-corrected chi connectivity index (χ1v) is 11.8. The molecule has 8 nitrogen and oxygen atoms in total. The van der Waals surface area contributed by atoms with Crippen molar-refractivity contribution in [3.8, 4) is 0 Å². The van der Waals surface area contributed by atoms with Crippen LogP contribution in [0.2, 0.25) is 0 Å². The van der Waals surface area contributed by atoms with Gasteiger partial charge >= 0.3 is 6.09 Å². The fourth-order valence-corrected chi connectivity index (χ4v) is 4.42. The van der Waals surface area contributed by atoms with E-state index in [1.54, 1.807) is 15.9 Å². The van der Waals surface area contributed by atoms with Crippen molar-refractivity contribution >= 4 is 35.2 Å². The smallest absolute Gasteiger partial charge is 0.410 e. The van der Waals surface area contributed by atoms with Crippen LogP contribution in [-0.4, -0.2) is 64.5 Å². The predicted octanol–water partition coefficient (Wildman–Crippen LogP) is 4.21. The lowest BCUT2D eigenvalue weighted by Crippen LogP contribution is -2.45. The molecular weight excluding hydrogens is 451 g/mol. The number of nitrogens with one attached hydrogen (secondary N) is 2. The van der Waals surface area contributed by atoms with Crippen LogP contribution >= 0.6 is 0 Å². The summed E-state index contributed by atoms with van der Waals surface area (Å²) in [6, 6.07) is 4.17. The number of aromatic amines is 1. The van der Waals surface area contributed by atoms with Crippen LogP contribution in [0.25, 0.3) is 11.6 Å². The molecule has 0 atom stereocenters. The van der Waals surface area contributed by atoms with Crippen molar-refractivity contribution in [1.29, 1.82) is 0 Å². The Morgan fingerprint density at radius 2 is 2.03 bits per heavy atom. The van der Waals surface area contributed by atoms with Gasteiger partial charge in [0.1, 0.15) is 11.4 Å². The number of halogens is 1. The number of ether oxygens (including phenoxy) is 1. The van der Waals surface area contributed by atoms with Crippen molar-refractivity contribution in [3.05, 3.63) is 52.1 Å². The molecule has 2 N–H and O–H groups in total. The zero-order chi connectivity index (χ0) is 25.5. The molecule has 0 saturated carbocycles. The summed E-state index contributed by atoms with van der Waals surface area (Å²) in [6.07, 6.45) is 1.90. The first kappa shape index (κ1) is 24.5. The second kappa shape index (κ2) is 9.20. The number of aromatic nitrogens is 1. The molecule has 0 radical (unpaired) electrons. The lowest BCUT2D eigenvalue weighted by atomic mass is 10.0. The van der Waals surface area contributed by atoms with E-state index in [1.165, 1.54) is 18.2 Å². The van der Waals surface area contributed by atoms with Gasteiger partial charge in [-0.1, -0.05) is 0 Å². The van der Waals surface area contributed by atoms with E-state index in [-0.39, 0.29) is 11.8 Å². The molecule has 0 saturated heterocycles. The van der Waals surface area contributed by atoms with E-state index < -0.39 is 17.5 Å². The summed E-state index contributed by atoms with van der Waals surface area (Å²) in [5, 5.41) is 2.74.